The molecule has 1 atom stereocenters. The molecule has 0 spiro atoms. The van der Waals surface area contributed by atoms with Crippen molar-refractivity contribution in [2.24, 2.45) is 0 Å². The molecule has 1 amide bonds. The molecular weight excluding hydrogens is 249 g/mol. The van der Waals surface area contributed by atoms with Crippen LogP contribution in [0.4, 0.5) is 4.39 Å². The van der Waals surface area contributed by atoms with Gasteiger partial charge in [-0.15, -0.1) is 6.58 Å². The van der Waals surface area contributed by atoms with E-state index in [4.69, 9.17) is 5.11 Å². The van der Waals surface area contributed by atoms with Crippen molar-refractivity contribution in [2.75, 3.05) is 0 Å². The van der Waals surface area contributed by atoms with Gasteiger partial charge in [-0.05, 0) is 30.5 Å². The van der Waals surface area contributed by atoms with E-state index in [2.05, 4.69) is 11.9 Å². The third-order valence-corrected chi connectivity index (χ3v) is 2.55. The van der Waals surface area contributed by atoms with Crippen molar-refractivity contribution in [1.82, 2.24) is 5.32 Å². The van der Waals surface area contributed by atoms with E-state index < -0.39 is 23.7 Å². The first-order valence-corrected chi connectivity index (χ1v) is 5.90. The smallest absolute Gasteiger partial charge is 0.326 e. The van der Waals surface area contributed by atoms with Crippen LogP contribution in [0, 0.1) is 5.82 Å². The maximum Gasteiger partial charge on any atom is 0.326 e. The molecule has 4 nitrogen and oxygen atoms in total. The zero-order valence-corrected chi connectivity index (χ0v) is 10.4. The first-order valence-electron chi connectivity index (χ1n) is 5.90. The molecule has 2 N–H and O–H groups in total. The van der Waals surface area contributed by atoms with Gasteiger partial charge in [0.2, 0.25) is 5.91 Å². The Morgan fingerprint density at radius 1 is 1.47 bits per heavy atom. The number of carbonyl (C=O) groups excluding carboxylic acids is 1. The van der Waals surface area contributed by atoms with Gasteiger partial charge < -0.3 is 10.4 Å². The summed E-state index contributed by atoms with van der Waals surface area (Å²) in [6, 6.07) is 4.70. The van der Waals surface area contributed by atoms with Crippen molar-refractivity contribution in [3.05, 3.63) is 48.3 Å². The van der Waals surface area contributed by atoms with Crippen molar-refractivity contribution in [3.63, 3.8) is 0 Å². The average molecular weight is 265 g/mol. The highest BCUT2D eigenvalue weighted by Gasteiger charge is 2.18. The third kappa shape index (κ3) is 5.33. The number of carboxylic acid groups (broad SMARTS) is 1. The number of amides is 1. The standard InChI is InChI=1S/C14H16FNO3/c1-2-3-7-12(14(18)19)16-13(17)9-10-5-4-6-11(15)8-10/h2,4-6,8,12H,1,3,7,9H2,(H,16,17)(H,18,19)/t12-/m0/s1. The van der Waals surface area contributed by atoms with E-state index in [1.54, 1.807) is 12.1 Å². The Morgan fingerprint density at radius 3 is 2.79 bits per heavy atom. The van der Waals surface area contributed by atoms with Crippen molar-refractivity contribution < 1.29 is 19.1 Å². The Balaban J connectivity index is 2.57. The van der Waals surface area contributed by atoms with E-state index in [1.165, 1.54) is 18.2 Å². The van der Waals surface area contributed by atoms with Gasteiger partial charge in [-0.25, -0.2) is 9.18 Å². The van der Waals surface area contributed by atoms with Crippen LogP contribution in [0.25, 0.3) is 0 Å². The highest BCUT2D eigenvalue weighted by atomic mass is 19.1. The lowest BCUT2D eigenvalue weighted by Crippen LogP contribution is -2.41. The fraction of sp³-hybridized carbons (Fsp3) is 0.286. The lowest BCUT2D eigenvalue weighted by molar-refractivity contribution is -0.141. The van der Waals surface area contributed by atoms with Crippen LogP contribution in [0.2, 0.25) is 0 Å². The van der Waals surface area contributed by atoms with Crippen LogP contribution in [-0.2, 0) is 16.0 Å². The molecule has 0 saturated carbocycles. The Labute approximate surface area is 110 Å². The van der Waals surface area contributed by atoms with Gasteiger partial charge in [0.25, 0.3) is 0 Å². The molecule has 0 aliphatic heterocycles. The highest BCUT2D eigenvalue weighted by Crippen LogP contribution is 2.05. The van der Waals surface area contributed by atoms with Crippen molar-refractivity contribution in [2.45, 2.75) is 25.3 Å². The van der Waals surface area contributed by atoms with Crippen LogP contribution < -0.4 is 5.32 Å². The SMILES string of the molecule is C=CCC[C@H](NC(=O)Cc1cccc(F)c1)C(=O)O. The predicted molar refractivity (Wildman–Crippen MR) is 69.1 cm³/mol. The van der Waals surface area contributed by atoms with Crippen molar-refractivity contribution >= 4 is 11.9 Å². The first-order chi connectivity index (χ1) is 9.02. The molecule has 19 heavy (non-hydrogen) atoms. The fourth-order valence-corrected chi connectivity index (χ4v) is 1.62. The average Bonchev–Trinajstić information content (AvgIpc) is 2.34. The van der Waals surface area contributed by atoms with Crippen LogP contribution in [0.15, 0.2) is 36.9 Å². The molecule has 1 rings (SSSR count). The van der Waals surface area contributed by atoms with E-state index in [9.17, 15) is 14.0 Å². The number of benzene rings is 1. The summed E-state index contributed by atoms with van der Waals surface area (Å²) in [6.45, 7) is 3.50. The van der Waals surface area contributed by atoms with Crippen LogP contribution in [0.1, 0.15) is 18.4 Å². The normalized spacial score (nSPS) is 11.6. The van der Waals surface area contributed by atoms with E-state index in [-0.39, 0.29) is 12.8 Å². The summed E-state index contributed by atoms with van der Waals surface area (Å²) >= 11 is 0. The summed E-state index contributed by atoms with van der Waals surface area (Å²) in [5.41, 5.74) is 0.505. The number of carbonyl (C=O) groups is 2. The summed E-state index contributed by atoms with van der Waals surface area (Å²) < 4.78 is 12.9. The molecule has 0 aliphatic rings. The first kappa shape index (κ1) is 14.9. The van der Waals surface area contributed by atoms with Crippen molar-refractivity contribution in [1.29, 1.82) is 0 Å². The van der Waals surface area contributed by atoms with Gasteiger partial charge in [0.1, 0.15) is 11.9 Å². The van der Waals surface area contributed by atoms with Gasteiger partial charge in [-0.3, -0.25) is 4.79 Å². The van der Waals surface area contributed by atoms with Gasteiger partial charge in [-0.2, -0.15) is 0 Å². The lowest BCUT2D eigenvalue weighted by Gasteiger charge is -2.13. The number of allylic oxidation sites excluding steroid dienone is 1. The number of hydrogen-bond donors (Lipinski definition) is 2. The van der Waals surface area contributed by atoms with Gasteiger partial charge in [0.15, 0.2) is 0 Å². The summed E-state index contributed by atoms with van der Waals surface area (Å²) in [7, 11) is 0. The highest BCUT2D eigenvalue weighted by molar-refractivity contribution is 5.84. The second kappa shape index (κ2) is 7.31. The number of nitrogens with one attached hydrogen (secondary N) is 1. The van der Waals surface area contributed by atoms with Crippen LogP contribution in [0.5, 0.6) is 0 Å². The number of aliphatic carboxylic acids is 1. The topological polar surface area (TPSA) is 66.4 Å². The number of halogens is 1. The van der Waals surface area contributed by atoms with Crippen LogP contribution >= 0.6 is 0 Å². The van der Waals surface area contributed by atoms with Crippen molar-refractivity contribution in [3.8, 4) is 0 Å². The lowest BCUT2D eigenvalue weighted by atomic mass is 10.1. The molecule has 102 valence electrons. The second-order valence-corrected chi connectivity index (χ2v) is 4.13. The zero-order chi connectivity index (χ0) is 14.3. The Kier molecular flexibility index (Phi) is 5.73. The molecule has 0 radical (unpaired) electrons. The fourth-order valence-electron chi connectivity index (χ4n) is 1.62. The van der Waals surface area contributed by atoms with E-state index in [1.807, 2.05) is 0 Å². The molecule has 0 heterocycles. The second-order valence-electron chi connectivity index (χ2n) is 4.13. The van der Waals surface area contributed by atoms with Gasteiger partial charge >= 0.3 is 5.97 Å². The Hall–Kier alpha value is -2.17. The molecule has 1 aromatic carbocycles. The maximum absolute atomic E-state index is 12.9. The van der Waals surface area contributed by atoms with Gasteiger partial charge in [0, 0.05) is 0 Å². The summed E-state index contributed by atoms with van der Waals surface area (Å²) in [5.74, 6) is -1.96. The van der Waals surface area contributed by atoms with Gasteiger partial charge in [0.05, 0.1) is 6.42 Å². The zero-order valence-electron chi connectivity index (χ0n) is 10.4. The minimum atomic E-state index is -1.09. The molecule has 5 heteroatoms. The molecule has 0 saturated heterocycles. The molecule has 0 unspecified atom stereocenters. The number of carboxylic acids is 1. The largest absolute Gasteiger partial charge is 0.480 e. The molecule has 0 fully saturated rings. The molecular formula is C14H16FNO3. The predicted octanol–water partition coefficient (Wildman–Crippen LogP) is 1.90. The number of rotatable bonds is 7. The maximum atomic E-state index is 12.9. The Morgan fingerprint density at radius 2 is 2.21 bits per heavy atom. The third-order valence-electron chi connectivity index (χ3n) is 2.55. The summed E-state index contributed by atoms with van der Waals surface area (Å²) in [4.78, 5) is 22.6. The van der Waals surface area contributed by atoms with E-state index >= 15 is 0 Å². The Bertz CT molecular complexity index is 474. The summed E-state index contributed by atoms with van der Waals surface area (Å²) in [6.07, 6.45) is 2.33. The molecule has 1 aromatic rings. The van der Waals surface area contributed by atoms with Crippen LogP contribution in [-0.4, -0.2) is 23.0 Å². The minimum Gasteiger partial charge on any atom is -0.480 e. The van der Waals surface area contributed by atoms with Crippen LogP contribution in [0.3, 0.4) is 0 Å². The van der Waals surface area contributed by atoms with Gasteiger partial charge in [-0.1, -0.05) is 18.2 Å². The van der Waals surface area contributed by atoms with E-state index in [0.29, 0.717) is 12.0 Å². The quantitative estimate of drug-likeness (QED) is 0.740. The molecule has 0 aliphatic carbocycles. The monoisotopic (exact) mass is 265 g/mol. The van der Waals surface area contributed by atoms with E-state index in [0.717, 1.165) is 0 Å². The molecule has 0 aromatic heterocycles. The minimum absolute atomic E-state index is 0.0460. The summed E-state index contributed by atoms with van der Waals surface area (Å²) in [5, 5.41) is 11.4. The number of hydrogen-bond acceptors (Lipinski definition) is 2. The molecule has 0 bridgehead atoms.